The van der Waals surface area contributed by atoms with Gasteiger partial charge in [0.1, 0.15) is 0 Å². The van der Waals surface area contributed by atoms with E-state index in [4.69, 9.17) is 4.74 Å². The smallest absolute Gasteiger partial charge is 0.169 e. The number of thiophene rings is 1. The van der Waals surface area contributed by atoms with E-state index in [1.165, 1.54) is 4.88 Å². The summed E-state index contributed by atoms with van der Waals surface area (Å²) < 4.78 is 5.72. The summed E-state index contributed by atoms with van der Waals surface area (Å²) >= 11 is 1.63. The fraction of sp³-hybridized carbons (Fsp3) is 0.615. The molecular formula is C13H18O2S. The Balaban J connectivity index is 2.22. The molecule has 1 saturated heterocycles. The standard InChI is InChI=1S/C13H18O2S/c1-7-5-11(6-16-7)13(14)12-8(2)9(3)15-10(12)4/h5-6,8-10,12H,1-4H3. The second kappa shape index (κ2) is 4.30. The van der Waals surface area contributed by atoms with Crippen LogP contribution in [0.5, 0.6) is 0 Å². The van der Waals surface area contributed by atoms with Crippen molar-refractivity contribution in [3.63, 3.8) is 0 Å². The van der Waals surface area contributed by atoms with Gasteiger partial charge in [0.25, 0.3) is 0 Å². The second-order valence-electron chi connectivity index (χ2n) is 4.74. The van der Waals surface area contributed by atoms with Crippen LogP contribution in [-0.2, 0) is 4.74 Å². The van der Waals surface area contributed by atoms with E-state index in [-0.39, 0.29) is 23.9 Å². The molecule has 1 aromatic heterocycles. The van der Waals surface area contributed by atoms with Crippen molar-refractivity contribution in [3.8, 4) is 0 Å². The Kier molecular flexibility index (Phi) is 3.17. The van der Waals surface area contributed by atoms with Gasteiger partial charge < -0.3 is 4.74 Å². The molecular weight excluding hydrogens is 220 g/mol. The molecule has 0 aliphatic carbocycles. The molecule has 1 aromatic rings. The summed E-state index contributed by atoms with van der Waals surface area (Å²) in [5.74, 6) is 0.570. The van der Waals surface area contributed by atoms with E-state index >= 15 is 0 Å². The van der Waals surface area contributed by atoms with Crippen LogP contribution in [0.3, 0.4) is 0 Å². The summed E-state index contributed by atoms with van der Waals surface area (Å²) in [6.07, 6.45) is 0.224. The maximum Gasteiger partial charge on any atom is 0.169 e. The molecule has 0 spiro atoms. The highest BCUT2D eigenvalue weighted by Crippen LogP contribution is 2.35. The zero-order valence-corrected chi connectivity index (χ0v) is 11.0. The van der Waals surface area contributed by atoms with E-state index in [0.717, 1.165) is 5.56 Å². The summed E-state index contributed by atoms with van der Waals surface area (Å²) in [7, 11) is 0. The molecule has 0 saturated carbocycles. The minimum Gasteiger partial charge on any atom is -0.374 e. The van der Waals surface area contributed by atoms with E-state index in [2.05, 4.69) is 6.92 Å². The van der Waals surface area contributed by atoms with Gasteiger partial charge in [-0.3, -0.25) is 4.79 Å². The molecule has 1 aliphatic heterocycles. The van der Waals surface area contributed by atoms with Crippen LogP contribution in [0.1, 0.15) is 36.0 Å². The SMILES string of the molecule is Cc1cc(C(=O)C2C(C)OC(C)C2C)cs1. The van der Waals surface area contributed by atoms with Crippen molar-refractivity contribution in [2.45, 2.75) is 39.9 Å². The number of carbonyl (C=O) groups is 1. The Bertz CT molecular complexity index is 396. The molecule has 1 fully saturated rings. The van der Waals surface area contributed by atoms with Gasteiger partial charge in [-0.15, -0.1) is 11.3 Å². The third kappa shape index (κ3) is 1.94. The summed E-state index contributed by atoms with van der Waals surface area (Å²) in [6, 6.07) is 1.98. The van der Waals surface area contributed by atoms with E-state index in [1.54, 1.807) is 11.3 Å². The lowest BCUT2D eigenvalue weighted by Crippen LogP contribution is -2.26. The molecule has 4 atom stereocenters. The highest BCUT2D eigenvalue weighted by atomic mass is 32.1. The van der Waals surface area contributed by atoms with Gasteiger partial charge in [0.05, 0.1) is 18.1 Å². The quantitative estimate of drug-likeness (QED) is 0.739. The minimum absolute atomic E-state index is 0.0176. The van der Waals surface area contributed by atoms with E-state index in [0.29, 0.717) is 5.92 Å². The lowest BCUT2D eigenvalue weighted by Gasteiger charge is -2.16. The van der Waals surface area contributed by atoms with Gasteiger partial charge in [0.2, 0.25) is 0 Å². The van der Waals surface area contributed by atoms with Gasteiger partial charge in [-0.1, -0.05) is 6.92 Å². The van der Waals surface area contributed by atoms with E-state index in [9.17, 15) is 4.79 Å². The normalized spacial score (nSPS) is 34.2. The lowest BCUT2D eigenvalue weighted by atomic mass is 9.84. The summed E-state index contributed by atoms with van der Waals surface area (Å²) in [5, 5.41) is 1.96. The summed E-state index contributed by atoms with van der Waals surface area (Å²) in [5.41, 5.74) is 0.851. The number of hydrogen-bond acceptors (Lipinski definition) is 3. The Morgan fingerprint density at radius 3 is 2.44 bits per heavy atom. The summed E-state index contributed by atoms with van der Waals surface area (Å²) in [6.45, 7) is 8.19. The Hall–Kier alpha value is -0.670. The van der Waals surface area contributed by atoms with Gasteiger partial charge in [0.15, 0.2) is 5.78 Å². The van der Waals surface area contributed by atoms with Crippen molar-refractivity contribution in [3.05, 3.63) is 21.9 Å². The fourth-order valence-corrected chi connectivity index (χ4v) is 3.18. The van der Waals surface area contributed by atoms with Crippen molar-refractivity contribution in [2.75, 3.05) is 0 Å². The number of ether oxygens (including phenoxy) is 1. The van der Waals surface area contributed by atoms with Crippen LogP contribution in [-0.4, -0.2) is 18.0 Å². The van der Waals surface area contributed by atoms with Crippen molar-refractivity contribution in [1.29, 1.82) is 0 Å². The molecule has 0 radical (unpaired) electrons. The van der Waals surface area contributed by atoms with Crippen molar-refractivity contribution in [2.24, 2.45) is 11.8 Å². The monoisotopic (exact) mass is 238 g/mol. The largest absolute Gasteiger partial charge is 0.374 e. The third-order valence-corrected chi connectivity index (χ3v) is 4.42. The van der Waals surface area contributed by atoms with Crippen LogP contribution in [0.4, 0.5) is 0 Å². The van der Waals surface area contributed by atoms with Crippen molar-refractivity contribution in [1.82, 2.24) is 0 Å². The predicted molar refractivity (Wildman–Crippen MR) is 66.0 cm³/mol. The number of carbonyl (C=O) groups excluding carboxylic acids is 1. The molecule has 16 heavy (non-hydrogen) atoms. The van der Waals surface area contributed by atoms with Crippen molar-refractivity contribution >= 4 is 17.1 Å². The first kappa shape index (κ1) is 11.8. The highest BCUT2D eigenvalue weighted by molar-refractivity contribution is 7.10. The molecule has 0 N–H and O–H groups in total. The number of aryl methyl sites for hydroxylation is 1. The molecule has 88 valence electrons. The first-order valence-electron chi connectivity index (χ1n) is 5.75. The van der Waals surface area contributed by atoms with Gasteiger partial charge in [-0.2, -0.15) is 0 Å². The number of hydrogen-bond donors (Lipinski definition) is 0. The lowest BCUT2D eigenvalue weighted by molar-refractivity contribution is 0.0491. The van der Waals surface area contributed by atoms with Crippen LogP contribution in [0.15, 0.2) is 11.4 Å². The Morgan fingerprint density at radius 1 is 1.31 bits per heavy atom. The Labute approximate surface area is 101 Å². The number of Topliss-reactive ketones (excluding diaryl/α,β-unsaturated/α-hetero) is 1. The van der Waals surface area contributed by atoms with Crippen LogP contribution in [0, 0.1) is 18.8 Å². The molecule has 4 unspecified atom stereocenters. The molecule has 2 nitrogen and oxygen atoms in total. The second-order valence-corrected chi connectivity index (χ2v) is 5.86. The van der Waals surface area contributed by atoms with Crippen LogP contribution in [0.2, 0.25) is 0 Å². The molecule has 0 bridgehead atoms. The van der Waals surface area contributed by atoms with Gasteiger partial charge in [-0.05, 0) is 32.8 Å². The first-order chi connectivity index (χ1) is 7.50. The number of ketones is 1. The van der Waals surface area contributed by atoms with Crippen LogP contribution < -0.4 is 0 Å². The van der Waals surface area contributed by atoms with Crippen LogP contribution in [0.25, 0.3) is 0 Å². The molecule has 0 amide bonds. The molecule has 2 rings (SSSR count). The minimum atomic E-state index is 0.0176. The van der Waals surface area contributed by atoms with Gasteiger partial charge >= 0.3 is 0 Å². The third-order valence-electron chi connectivity index (χ3n) is 3.56. The maximum atomic E-state index is 12.4. The predicted octanol–water partition coefficient (Wildman–Crippen LogP) is 3.30. The van der Waals surface area contributed by atoms with Crippen molar-refractivity contribution < 1.29 is 9.53 Å². The highest BCUT2D eigenvalue weighted by Gasteiger charge is 2.41. The van der Waals surface area contributed by atoms with Crippen LogP contribution >= 0.6 is 11.3 Å². The average Bonchev–Trinajstić information content (AvgIpc) is 2.73. The zero-order valence-electron chi connectivity index (χ0n) is 10.2. The molecule has 0 aromatic carbocycles. The topological polar surface area (TPSA) is 26.3 Å². The fourth-order valence-electron chi connectivity index (χ4n) is 2.48. The van der Waals surface area contributed by atoms with Gasteiger partial charge in [0, 0.05) is 15.8 Å². The number of rotatable bonds is 2. The average molecular weight is 238 g/mol. The summed E-state index contributed by atoms with van der Waals surface area (Å²) in [4.78, 5) is 13.5. The zero-order chi connectivity index (χ0) is 11.9. The Morgan fingerprint density at radius 2 is 2.00 bits per heavy atom. The maximum absolute atomic E-state index is 12.4. The van der Waals surface area contributed by atoms with Gasteiger partial charge in [-0.25, -0.2) is 0 Å². The molecule has 2 heterocycles. The first-order valence-corrected chi connectivity index (χ1v) is 6.63. The molecule has 1 aliphatic rings. The molecule has 3 heteroatoms. The van der Waals surface area contributed by atoms with E-state index in [1.807, 2.05) is 32.2 Å². The van der Waals surface area contributed by atoms with E-state index < -0.39 is 0 Å².